The van der Waals surface area contributed by atoms with Gasteiger partial charge in [0.1, 0.15) is 12.1 Å². The monoisotopic (exact) mass is 289 g/mol. The summed E-state index contributed by atoms with van der Waals surface area (Å²) < 4.78 is 18.4. The molecular formula is C16H20FN3O. The van der Waals surface area contributed by atoms with E-state index in [2.05, 4.69) is 14.8 Å². The topological polar surface area (TPSA) is 32.5 Å². The Morgan fingerprint density at radius 3 is 2.48 bits per heavy atom. The van der Waals surface area contributed by atoms with Gasteiger partial charge in [-0.25, -0.2) is 9.37 Å². The quantitative estimate of drug-likeness (QED) is 0.865. The van der Waals surface area contributed by atoms with Crippen LogP contribution in [0.25, 0.3) is 0 Å². The Morgan fingerprint density at radius 1 is 1.14 bits per heavy atom. The van der Waals surface area contributed by atoms with Crippen molar-refractivity contribution in [3.8, 4) is 0 Å². The van der Waals surface area contributed by atoms with E-state index >= 15 is 0 Å². The van der Waals surface area contributed by atoms with Gasteiger partial charge in [-0.15, -0.1) is 0 Å². The lowest BCUT2D eigenvalue weighted by Crippen LogP contribution is -2.45. The summed E-state index contributed by atoms with van der Waals surface area (Å²) in [6.45, 7) is 7.50. The van der Waals surface area contributed by atoms with E-state index in [1.54, 1.807) is 18.4 Å². The molecule has 0 saturated carbocycles. The van der Waals surface area contributed by atoms with E-state index in [-0.39, 0.29) is 5.82 Å². The number of aromatic nitrogens is 1. The normalized spacial score (nSPS) is 17.2. The fourth-order valence-electron chi connectivity index (χ4n) is 2.71. The summed E-state index contributed by atoms with van der Waals surface area (Å²) >= 11 is 0. The van der Waals surface area contributed by atoms with Gasteiger partial charge in [0.2, 0.25) is 0 Å². The van der Waals surface area contributed by atoms with Crippen molar-refractivity contribution in [2.45, 2.75) is 20.0 Å². The Hall–Kier alpha value is -1.72. The average Bonchev–Trinajstić information content (AvgIpc) is 2.86. The third-order valence-corrected chi connectivity index (χ3v) is 3.81. The highest BCUT2D eigenvalue weighted by atomic mass is 19.1. The molecule has 3 rings (SSSR count). The Balaban J connectivity index is 1.48. The summed E-state index contributed by atoms with van der Waals surface area (Å²) in [5.74, 6) is 0.558. The molecule has 5 heteroatoms. The van der Waals surface area contributed by atoms with E-state index in [4.69, 9.17) is 4.42 Å². The highest BCUT2D eigenvalue weighted by Gasteiger charge is 2.18. The first-order valence-corrected chi connectivity index (χ1v) is 7.29. The smallest absolute Gasteiger partial charge is 0.191 e. The first-order valence-electron chi connectivity index (χ1n) is 7.29. The van der Waals surface area contributed by atoms with Crippen LogP contribution < -0.4 is 0 Å². The number of aryl methyl sites for hydroxylation is 1. The van der Waals surface area contributed by atoms with Crippen LogP contribution >= 0.6 is 0 Å². The third kappa shape index (κ3) is 3.89. The van der Waals surface area contributed by atoms with E-state index in [0.717, 1.165) is 56.4 Å². The van der Waals surface area contributed by atoms with Crippen LogP contribution in [-0.2, 0) is 13.1 Å². The fourth-order valence-corrected chi connectivity index (χ4v) is 2.71. The fraction of sp³-hybridized carbons (Fsp3) is 0.438. The molecule has 0 radical (unpaired) electrons. The summed E-state index contributed by atoms with van der Waals surface area (Å²) in [5.41, 5.74) is 2.03. The molecule has 0 unspecified atom stereocenters. The molecule has 0 aliphatic carbocycles. The van der Waals surface area contributed by atoms with Crippen LogP contribution in [0.2, 0.25) is 0 Å². The predicted molar refractivity (Wildman–Crippen MR) is 78.2 cm³/mol. The van der Waals surface area contributed by atoms with Gasteiger partial charge in [-0.2, -0.15) is 0 Å². The minimum Gasteiger partial charge on any atom is -0.449 e. The van der Waals surface area contributed by atoms with E-state index < -0.39 is 0 Å². The van der Waals surface area contributed by atoms with Gasteiger partial charge < -0.3 is 4.42 Å². The number of nitrogens with zero attached hydrogens (tertiary/aromatic N) is 3. The van der Waals surface area contributed by atoms with Gasteiger partial charge in [0.15, 0.2) is 5.89 Å². The molecule has 0 bridgehead atoms. The number of benzene rings is 1. The summed E-state index contributed by atoms with van der Waals surface area (Å²) in [7, 11) is 0. The number of rotatable bonds is 4. The van der Waals surface area contributed by atoms with Crippen LogP contribution in [0.15, 0.2) is 34.9 Å². The molecule has 0 spiro atoms. The van der Waals surface area contributed by atoms with Gasteiger partial charge in [-0.05, 0) is 17.7 Å². The molecular weight excluding hydrogens is 269 g/mol. The lowest BCUT2D eigenvalue weighted by Gasteiger charge is -2.34. The van der Waals surface area contributed by atoms with Gasteiger partial charge in [0.05, 0.1) is 5.69 Å². The Bertz CT molecular complexity index is 591. The van der Waals surface area contributed by atoms with Crippen molar-refractivity contribution in [2.75, 3.05) is 26.2 Å². The predicted octanol–water partition coefficient (Wildman–Crippen LogP) is 2.44. The average molecular weight is 289 g/mol. The molecule has 21 heavy (non-hydrogen) atoms. The highest BCUT2D eigenvalue weighted by Crippen LogP contribution is 2.12. The van der Waals surface area contributed by atoms with Crippen LogP contribution in [0.1, 0.15) is 17.1 Å². The zero-order chi connectivity index (χ0) is 14.7. The Kier molecular flexibility index (Phi) is 4.31. The van der Waals surface area contributed by atoms with Crippen molar-refractivity contribution in [3.63, 3.8) is 0 Å². The van der Waals surface area contributed by atoms with Crippen molar-refractivity contribution in [3.05, 3.63) is 53.5 Å². The highest BCUT2D eigenvalue weighted by molar-refractivity contribution is 5.16. The van der Waals surface area contributed by atoms with Gasteiger partial charge in [0.25, 0.3) is 0 Å². The van der Waals surface area contributed by atoms with Gasteiger partial charge >= 0.3 is 0 Å². The van der Waals surface area contributed by atoms with E-state index in [1.165, 1.54) is 6.07 Å². The summed E-state index contributed by atoms with van der Waals surface area (Å²) in [6, 6.07) is 6.85. The maximum Gasteiger partial charge on any atom is 0.191 e. The first kappa shape index (κ1) is 14.2. The minimum absolute atomic E-state index is 0.160. The molecule has 4 nitrogen and oxygen atoms in total. The Morgan fingerprint density at radius 2 is 1.86 bits per heavy atom. The lowest BCUT2D eigenvalue weighted by atomic mass is 10.2. The zero-order valence-corrected chi connectivity index (χ0v) is 12.3. The molecule has 1 saturated heterocycles. The first-order chi connectivity index (χ1) is 10.2. The molecule has 1 aliphatic heterocycles. The molecule has 2 aromatic rings. The SMILES string of the molecule is Cc1nc(CN2CCN(Cc3cccc(F)c3)CC2)co1. The van der Waals surface area contributed by atoms with E-state index in [1.807, 2.05) is 13.0 Å². The number of halogens is 1. The second-order valence-corrected chi connectivity index (χ2v) is 5.54. The molecule has 1 aromatic carbocycles. The van der Waals surface area contributed by atoms with Gasteiger partial charge in [0, 0.05) is 46.2 Å². The van der Waals surface area contributed by atoms with E-state index in [9.17, 15) is 4.39 Å². The molecule has 0 N–H and O–H groups in total. The van der Waals surface area contributed by atoms with Crippen LogP contribution in [0, 0.1) is 12.7 Å². The van der Waals surface area contributed by atoms with Crippen LogP contribution in [0.5, 0.6) is 0 Å². The molecule has 1 aromatic heterocycles. The summed E-state index contributed by atoms with van der Waals surface area (Å²) in [5, 5.41) is 0. The van der Waals surface area contributed by atoms with Gasteiger partial charge in [-0.1, -0.05) is 12.1 Å². The van der Waals surface area contributed by atoms with E-state index in [0.29, 0.717) is 0 Å². The largest absolute Gasteiger partial charge is 0.449 e. The second-order valence-electron chi connectivity index (χ2n) is 5.54. The molecule has 1 fully saturated rings. The van der Waals surface area contributed by atoms with Crippen molar-refractivity contribution >= 4 is 0 Å². The number of hydrogen-bond donors (Lipinski definition) is 0. The molecule has 0 amide bonds. The number of oxazole rings is 1. The van der Waals surface area contributed by atoms with Gasteiger partial charge in [-0.3, -0.25) is 9.80 Å². The molecule has 112 valence electrons. The van der Waals surface area contributed by atoms with Crippen molar-refractivity contribution in [1.29, 1.82) is 0 Å². The number of hydrogen-bond acceptors (Lipinski definition) is 4. The standard InChI is InChI=1S/C16H20FN3O/c1-13-18-16(12-21-13)11-20-7-5-19(6-8-20)10-14-3-2-4-15(17)9-14/h2-4,9,12H,5-8,10-11H2,1H3. The summed E-state index contributed by atoms with van der Waals surface area (Å²) in [4.78, 5) is 9.07. The number of piperazine rings is 1. The Labute approximate surface area is 124 Å². The van der Waals surface area contributed by atoms with Crippen molar-refractivity contribution in [2.24, 2.45) is 0 Å². The van der Waals surface area contributed by atoms with Crippen molar-refractivity contribution < 1.29 is 8.81 Å². The lowest BCUT2D eigenvalue weighted by molar-refractivity contribution is 0.121. The third-order valence-electron chi connectivity index (χ3n) is 3.81. The van der Waals surface area contributed by atoms with Crippen LogP contribution in [-0.4, -0.2) is 41.0 Å². The minimum atomic E-state index is -0.160. The zero-order valence-electron chi connectivity index (χ0n) is 12.3. The second kappa shape index (κ2) is 6.37. The van der Waals surface area contributed by atoms with Crippen LogP contribution in [0.4, 0.5) is 4.39 Å². The maximum atomic E-state index is 13.2. The molecule has 2 heterocycles. The molecule has 0 atom stereocenters. The van der Waals surface area contributed by atoms with Crippen molar-refractivity contribution in [1.82, 2.24) is 14.8 Å². The molecule has 1 aliphatic rings. The van der Waals surface area contributed by atoms with Crippen LogP contribution in [0.3, 0.4) is 0 Å². The maximum absolute atomic E-state index is 13.2. The summed E-state index contributed by atoms with van der Waals surface area (Å²) in [6.07, 6.45) is 1.73.